The van der Waals surface area contributed by atoms with Crippen molar-refractivity contribution in [3.05, 3.63) is 90.0 Å². The molecule has 3 N–H and O–H groups in total. The maximum atomic E-state index is 12.5. The minimum atomic E-state index is -4.79. The zero-order chi connectivity index (χ0) is 23.0. The molecule has 0 bridgehead atoms. The first-order valence-corrected chi connectivity index (χ1v) is 9.99. The fraction of sp³-hybridized carbons (Fsp3) is 0.250. The van der Waals surface area contributed by atoms with E-state index in [1.807, 2.05) is 42.3 Å². The third-order valence-electron chi connectivity index (χ3n) is 5.58. The van der Waals surface area contributed by atoms with Gasteiger partial charge in [0.1, 0.15) is 22.8 Å². The van der Waals surface area contributed by atoms with Crippen LogP contribution in [0.4, 0.5) is 13.2 Å². The average molecular weight is 444 g/mol. The Balaban J connectivity index is 1.66. The summed E-state index contributed by atoms with van der Waals surface area (Å²) in [5.74, 6) is 0.881. The lowest BCUT2D eigenvalue weighted by molar-refractivity contribution is -0.274. The van der Waals surface area contributed by atoms with Gasteiger partial charge >= 0.3 is 6.36 Å². The van der Waals surface area contributed by atoms with Gasteiger partial charge in [-0.15, -0.1) is 13.2 Å². The highest BCUT2D eigenvalue weighted by Crippen LogP contribution is 2.43. The summed E-state index contributed by atoms with van der Waals surface area (Å²) >= 11 is 0. The fourth-order valence-electron chi connectivity index (χ4n) is 4.17. The van der Waals surface area contributed by atoms with Gasteiger partial charge in [-0.3, -0.25) is 0 Å². The van der Waals surface area contributed by atoms with Gasteiger partial charge in [0, 0.05) is 13.1 Å². The van der Waals surface area contributed by atoms with Gasteiger partial charge in [0.25, 0.3) is 0 Å². The second-order valence-electron chi connectivity index (χ2n) is 8.05. The number of nitrogens with zero attached hydrogens (tertiary/aromatic N) is 1. The number of hydrogen-bond acceptors (Lipinski definition) is 5. The summed E-state index contributed by atoms with van der Waals surface area (Å²) in [7, 11) is 1.88. The van der Waals surface area contributed by atoms with Crippen LogP contribution in [0.1, 0.15) is 11.1 Å². The van der Waals surface area contributed by atoms with Gasteiger partial charge in [-0.25, -0.2) is 0 Å². The van der Waals surface area contributed by atoms with E-state index in [9.17, 15) is 18.3 Å². The van der Waals surface area contributed by atoms with Crippen molar-refractivity contribution < 1.29 is 27.8 Å². The summed E-state index contributed by atoms with van der Waals surface area (Å²) in [5, 5.41) is 11.9. The molecule has 0 spiro atoms. The molecular weight excluding hydrogens is 421 g/mol. The molecule has 1 saturated heterocycles. The number of nitrogens with two attached hydrogens (primary N) is 1. The molecule has 0 radical (unpaired) electrons. The average Bonchev–Trinajstić information content (AvgIpc) is 2.73. The van der Waals surface area contributed by atoms with Crippen molar-refractivity contribution in [1.82, 2.24) is 4.90 Å². The third-order valence-corrected chi connectivity index (χ3v) is 5.58. The Morgan fingerprint density at radius 3 is 1.75 bits per heavy atom. The van der Waals surface area contributed by atoms with Crippen LogP contribution < -0.4 is 15.2 Å². The minimum absolute atomic E-state index is 0.369. The van der Waals surface area contributed by atoms with E-state index >= 15 is 0 Å². The van der Waals surface area contributed by atoms with E-state index in [0.717, 1.165) is 0 Å². The van der Waals surface area contributed by atoms with E-state index in [1.54, 1.807) is 24.3 Å². The van der Waals surface area contributed by atoms with E-state index in [4.69, 9.17) is 10.5 Å². The minimum Gasteiger partial charge on any atom is -0.457 e. The van der Waals surface area contributed by atoms with Gasteiger partial charge in [0.2, 0.25) is 0 Å². The molecule has 0 aliphatic carbocycles. The van der Waals surface area contributed by atoms with E-state index in [1.165, 1.54) is 24.3 Å². The molecule has 1 fully saturated rings. The van der Waals surface area contributed by atoms with Gasteiger partial charge in [0.15, 0.2) is 0 Å². The zero-order valence-corrected chi connectivity index (χ0v) is 17.3. The van der Waals surface area contributed by atoms with E-state index in [2.05, 4.69) is 4.74 Å². The van der Waals surface area contributed by atoms with Crippen molar-refractivity contribution in [2.45, 2.75) is 17.5 Å². The predicted molar refractivity (Wildman–Crippen MR) is 113 cm³/mol. The van der Waals surface area contributed by atoms with Crippen molar-refractivity contribution in [1.29, 1.82) is 0 Å². The first-order valence-electron chi connectivity index (χ1n) is 9.99. The van der Waals surface area contributed by atoms with Crippen molar-refractivity contribution in [2.75, 3.05) is 20.1 Å². The molecule has 3 aromatic rings. The van der Waals surface area contributed by atoms with Gasteiger partial charge in [0.05, 0.1) is 5.54 Å². The number of hydrogen-bond donors (Lipinski definition) is 2. The lowest BCUT2D eigenvalue weighted by atomic mass is 9.67. The second kappa shape index (κ2) is 8.12. The third kappa shape index (κ3) is 4.29. The largest absolute Gasteiger partial charge is 0.573 e. The fourth-order valence-corrected chi connectivity index (χ4v) is 4.17. The van der Waals surface area contributed by atoms with Crippen LogP contribution in [0.2, 0.25) is 0 Å². The van der Waals surface area contributed by atoms with Crippen LogP contribution in [0.3, 0.4) is 0 Å². The molecule has 3 aromatic carbocycles. The number of alkyl halides is 3. The molecule has 4 rings (SSSR count). The Hall–Kier alpha value is -3.07. The highest BCUT2D eigenvalue weighted by molar-refractivity contribution is 5.46. The highest BCUT2D eigenvalue weighted by atomic mass is 19.4. The number of likely N-dealkylation sites (tertiary alicyclic amines) is 1. The van der Waals surface area contributed by atoms with Crippen molar-refractivity contribution in [2.24, 2.45) is 5.73 Å². The Labute approximate surface area is 183 Å². The highest BCUT2D eigenvalue weighted by Gasteiger charge is 2.56. The first-order chi connectivity index (χ1) is 15.1. The van der Waals surface area contributed by atoms with Gasteiger partial charge < -0.3 is 25.2 Å². The Morgan fingerprint density at radius 1 is 0.812 bits per heavy atom. The van der Waals surface area contributed by atoms with Crippen LogP contribution in [0, 0.1) is 0 Å². The van der Waals surface area contributed by atoms with Gasteiger partial charge in [-0.05, 0) is 54.6 Å². The SMILES string of the molecule is CN1CC(N)([C@@](O)(c2ccc(Oc3ccccc3)cc2)c2ccc(OC(F)(F)F)cc2)C1. The summed E-state index contributed by atoms with van der Waals surface area (Å²) in [6, 6.07) is 21.3. The van der Waals surface area contributed by atoms with Crippen molar-refractivity contribution in [3.8, 4) is 17.2 Å². The predicted octanol–water partition coefficient (Wildman–Crippen LogP) is 4.26. The Bertz CT molecular complexity index is 1050. The summed E-state index contributed by atoms with van der Waals surface area (Å²) in [5.41, 5.74) is 4.82. The molecule has 0 amide bonds. The Kier molecular flexibility index (Phi) is 5.62. The molecule has 1 aliphatic heterocycles. The van der Waals surface area contributed by atoms with Crippen LogP contribution in [0.25, 0.3) is 0 Å². The molecule has 0 unspecified atom stereocenters. The molecule has 0 aromatic heterocycles. The lowest BCUT2D eigenvalue weighted by Crippen LogP contribution is -2.75. The molecule has 8 heteroatoms. The topological polar surface area (TPSA) is 68.0 Å². The number of halogens is 3. The van der Waals surface area contributed by atoms with Crippen LogP contribution in [0.15, 0.2) is 78.9 Å². The standard InChI is InChI=1S/C24H23F3N2O3/c1-29-15-22(28,16-29)23(30,18-9-13-21(14-10-18)32-24(25,26)27)17-7-11-20(12-8-17)31-19-5-3-2-4-6-19/h2-14,30H,15-16,28H2,1H3/t23-/m1/s1. The number of para-hydroxylation sites is 1. The number of benzene rings is 3. The molecule has 1 heterocycles. The smallest absolute Gasteiger partial charge is 0.457 e. The van der Waals surface area contributed by atoms with Gasteiger partial charge in [-0.2, -0.15) is 0 Å². The summed E-state index contributed by atoms with van der Waals surface area (Å²) in [4.78, 5) is 1.96. The molecule has 168 valence electrons. The molecule has 1 aliphatic rings. The second-order valence-corrected chi connectivity index (χ2v) is 8.05. The maximum Gasteiger partial charge on any atom is 0.573 e. The van der Waals surface area contributed by atoms with Crippen molar-refractivity contribution in [3.63, 3.8) is 0 Å². The van der Waals surface area contributed by atoms with Crippen LogP contribution in [-0.4, -0.2) is 42.0 Å². The number of ether oxygens (including phenoxy) is 2. The summed E-state index contributed by atoms with van der Waals surface area (Å²) in [6.45, 7) is 0.819. The Morgan fingerprint density at radius 2 is 1.28 bits per heavy atom. The molecule has 32 heavy (non-hydrogen) atoms. The zero-order valence-electron chi connectivity index (χ0n) is 17.3. The number of likely N-dealkylation sites (N-methyl/N-ethyl adjacent to an activating group) is 1. The van der Waals surface area contributed by atoms with Crippen LogP contribution in [-0.2, 0) is 5.60 Å². The quantitative estimate of drug-likeness (QED) is 0.595. The summed E-state index contributed by atoms with van der Waals surface area (Å²) in [6.07, 6.45) is -4.79. The molecule has 1 atom stereocenters. The monoisotopic (exact) mass is 444 g/mol. The molecule has 0 saturated carbocycles. The molecule has 5 nitrogen and oxygen atoms in total. The maximum absolute atomic E-state index is 12.5. The van der Waals surface area contributed by atoms with E-state index < -0.39 is 17.5 Å². The number of rotatable bonds is 6. The van der Waals surface area contributed by atoms with Crippen LogP contribution >= 0.6 is 0 Å². The van der Waals surface area contributed by atoms with Crippen molar-refractivity contribution >= 4 is 0 Å². The van der Waals surface area contributed by atoms with Crippen LogP contribution in [0.5, 0.6) is 17.2 Å². The van der Waals surface area contributed by atoms with E-state index in [-0.39, 0.29) is 5.75 Å². The molecular formula is C24H23F3N2O3. The number of aliphatic hydroxyl groups is 1. The van der Waals surface area contributed by atoms with E-state index in [0.29, 0.717) is 35.7 Å². The summed E-state index contributed by atoms with van der Waals surface area (Å²) < 4.78 is 47.3. The van der Waals surface area contributed by atoms with Gasteiger partial charge in [-0.1, -0.05) is 42.5 Å². The first kappa shape index (κ1) is 22.1. The lowest BCUT2D eigenvalue weighted by Gasteiger charge is -2.55. The normalized spacial score (nSPS) is 17.8.